The van der Waals surface area contributed by atoms with Crippen molar-refractivity contribution in [3.63, 3.8) is 0 Å². The highest BCUT2D eigenvalue weighted by Gasteiger charge is 2.13. The summed E-state index contributed by atoms with van der Waals surface area (Å²) in [5.74, 6) is 5.09. The molecular weight excluding hydrogens is 333 g/mol. The van der Waals surface area contributed by atoms with Crippen LogP contribution in [0.3, 0.4) is 0 Å². The van der Waals surface area contributed by atoms with Crippen molar-refractivity contribution >= 4 is 27.5 Å². The van der Waals surface area contributed by atoms with Crippen molar-refractivity contribution in [2.24, 2.45) is 5.84 Å². The first-order valence-corrected chi connectivity index (χ1v) is 6.77. The molecule has 0 radical (unpaired) electrons. The van der Waals surface area contributed by atoms with Crippen molar-refractivity contribution in [3.05, 3.63) is 63.1 Å². The molecule has 6 heteroatoms. The normalized spacial score (nSPS) is 12.4. The summed E-state index contributed by atoms with van der Waals surface area (Å²) in [5, 5.41) is 0.101. The van der Waals surface area contributed by atoms with Gasteiger partial charge in [-0.3, -0.25) is 16.3 Å². The second-order valence-corrected chi connectivity index (χ2v) is 5.43. The maximum atomic E-state index is 13.5. The van der Waals surface area contributed by atoms with E-state index in [1.54, 1.807) is 18.5 Å². The van der Waals surface area contributed by atoms with E-state index in [1.165, 1.54) is 12.1 Å². The van der Waals surface area contributed by atoms with Crippen molar-refractivity contribution in [1.82, 2.24) is 10.4 Å². The minimum absolute atomic E-state index is 0.101. The van der Waals surface area contributed by atoms with Crippen LogP contribution in [0.5, 0.6) is 0 Å². The summed E-state index contributed by atoms with van der Waals surface area (Å²) in [5.41, 5.74) is 4.41. The van der Waals surface area contributed by atoms with E-state index in [0.717, 1.165) is 15.6 Å². The van der Waals surface area contributed by atoms with Crippen LogP contribution in [-0.4, -0.2) is 4.98 Å². The minimum atomic E-state index is -0.452. The fraction of sp³-hybridized carbons (Fsp3) is 0.154. The molecule has 0 amide bonds. The highest BCUT2D eigenvalue weighted by molar-refractivity contribution is 9.10. The fourth-order valence-electron chi connectivity index (χ4n) is 1.81. The monoisotopic (exact) mass is 343 g/mol. The zero-order chi connectivity index (χ0) is 13.8. The van der Waals surface area contributed by atoms with Gasteiger partial charge in [-0.2, -0.15) is 0 Å². The molecule has 1 aromatic carbocycles. The average molecular weight is 345 g/mol. The third-order valence-electron chi connectivity index (χ3n) is 2.75. The van der Waals surface area contributed by atoms with Gasteiger partial charge in [-0.05, 0) is 51.7 Å². The van der Waals surface area contributed by atoms with Gasteiger partial charge in [-0.1, -0.05) is 17.7 Å². The van der Waals surface area contributed by atoms with Crippen LogP contribution in [0.15, 0.2) is 41.1 Å². The van der Waals surface area contributed by atoms with Crippen LogP contribution in [0.1, 0.15) is 17.2 Å². The SMILES string of the molecule is NNC(Cc1cncc(Br)c1)c1ccc(Cl)c(F)c1. The lowest BCUT2D eigenvalue weighted by Crippen LogP contribution is -2.29. The van der Waals surface area contributed by atoms with Crippen molar-refractivity contribution in [1.29, 1.82) is 0 Å². The molecular formula is C13H12BrClFN3. The lowest BCUT2D eigenvalue weighted by atomic mass is 10.0. The van der Waals surface area contributed by atoms with E-state index >= 15 is 0 Å². The molecule has 0 saturated heterocycles. The summed E-state index contributed by atoms with van der Waals surface area (Å²) in [6, 6.07) is 6.40. The first kappa shape index (κ1) is 14.4. The summed E-state index contributed by atoms with van der Waals surface area (Å²) in [6.45, 7) is 0. The molecule has 1 unspecified atom stereocenters. The van der Waals surface area contributed by atoms with E-state index in [-0.39, 0.29) is 11.1 Å². The molecule has 3 N–H and O–H groups in total. The Hall–Kier alpha value is -1.01. The van der Waals surface area contributed by atoms with E-state index in [9.17, 15) is 4.39 Å². The van der Waals surface area contributed by atoms with Gasteiger partial charge >= 0.3 is 0 Å². The summed E-state index contributed by atoms with van der Waals surface area (Å²) < 4.78 is 14.4. The molecule has 1 heterocycles. The summed E-state index contributed by atoms with van der Waals surface area (Å²) in [7, 11) is 0. The molecule has 1 atom stereocenters. The van der Waals surface area contributed by atoms with Gasteiger partial charge in [0.05, 0.1) is 11.1 Å². The van der Waals surface area contributed by atoms with Gasteiger partial charge in [0, 0.05) is 16.9 Å². The second kappa shape index (κ2) is 6.43. The topological polar surface area (TPSA) is 50.9 Å². The zero-order valence-electron chi connectivity index (χ0n) is 9.91. The minimum Gasteiger partial charge on any atom is -0.271 e. The Kier molecular flexibility index (Phi) is 4.87. The highest BCUT2D eigenvalue weighted by atomic mass is 79.9. The number of benzene rings is 1. The number of hydrazine groups is 1. The summed E-state index contributed by atoms with van der Waals surface area (Å²) >= 11 is 9.03. The van der Waals surface area contributed by atoms with E-state index in [0.29, 0.717) is 6.42 Å². The van der Waals surface area contributed by atoms with Gasteiger partial charge in [0.1, 0.15) is 5.82 Å². The standard InChI is InChI=1S/C13H12BrClFN3/c14-10-3-8(6-18-7-10)4-13(19-17)9-1-2-11(15)12(16)5-9/h1-3,5-7,13,19H,4,17H2. The van der Waals surface area contributed by atoms with Crippen LogP contribution in [0, 0.1) is 5.82 Å². The molecule has 0 bridgehead atoms. The predicted octanol–water partition coefficient (Wildman–Crippen LogP) is 3.38. The van der Waals surface area contributed by atoms with Gasteiger partial charge in [-0.15, -0.1) is 0 Å². The maximum Gasteiger partial charge on any atom is 0.142 e. The molecule has 19 heavy (non-hydrogen) atoms. The fourth-order valence-corrected chi connectivity index (χ4v) is 2.34. The molecule has 0 aliphatic carbocycles. The number of nitrogens with two attached hydrogens (primary N) is 1. The highest BCUT2D eigenvalue weighted by Crippen LogP contribution is 2.23. The first-order chi connectivity index (χ1) is 9.10. The third kappa shape index (κ3) is 3.73. The van der Waals surface area contributed by atoms with Crippen molar-refractivity contribution < 1.29 is 4.39 Å². The molecule has 2 rings (SSSR count). The lowest BCUT2D eigenvalue weighted by Gasteiger charge is -2.16. The Morgan fingerprint density at radius 3 is 2.79 bits per heavy atom. The van der Waals surface area contributed by atoms with Gasteiger partial charge in [0.15, 0.2) is 0 Å². The van der Waals surface area contributed by atoms with Crippen molar-refractivity contribution in [2.75, 3.05) is 0 Å². The van der Waals surface area contributed by atoms with Crippen LogP contribution in [0.25, 0.3) is 0 Å². The number of hydrogen-bond acceptors (Lipinski definition) is 3. The van der Waals surface area contributed by atoms with E-state index in [1.807, 2.05) is 6.07 Å². The number of rotatable bonds is 4. The van der Waals surface area contributed by atoms with Crippen molar-refractivity contribution in [3.8, 4) is 0 Å². The van der Waals surface area contributed by atoms with Gasteiger partial charge in [-0.25, -0.2) is 4.39 Å². The second-order valence-electron chi connectivity index (χ2n) is 4.11. The molecule has 100 valence electrons. The largest absolute Gasteiger partial charge is 0.271 e. The average Bonchev–Trinajstić information content (AvgIpc) is 2.39. The molecule has 3 nitrogen and oxygen atoms in total. The Morgan fingerprint density at radius 1 is 1.37 bits per heavy atom. The molecule has 1 aromatic heterocycles. The number of nitrogens with one attached hydrogen (secondary N) is 1. The molecule has 0 fully saturated rings. The number of pyridine rings is 1. The first-order valence-electron chi connectivity index (χ1n) is 5.60. The van der Waals surface area contributed by atoms with Crippen LogP contribution in [0.4, 0.5) is 4.39 Å². The van der Waals surface area contributed by atoms with Gasteiger partial charge in [0.2, 0.25) is 0 Å². The van der Waals surface area contributed by atoms with Crippen LogP contribution in [-0.2, 0) is 6.42 Å². The van der Waals surface area contributed by atoms with Crippen LogP contribution in [0.2, 0.25) is 5.02 Å². The quantitative estimate of drug-likeness (QED) is 0.660. The molecule has 0 aliphatic heterocycles. The Bertz CT molecular complexity index is 580. The number of aromatic nitrogens is 1. The Morgan fingerprint density at radius 2 is 2.16 bits per heavy atom. The smallest absolute Gasteiger partial charge is 0.142 e. The van der Waals surface area contributed by atoms with Crippen LogP contribution >= 0.6 is 27.5 Å². The zero-order valence-corrected chi connectivity index (χ0v) is 12.2. The molecule has 0 saturated carbocycles. The number of hydrogen-bond donors (Lipinski definition) is 2. The van der Waals surface area contributed by atoms with E-state index in [2.05, 4.69) is 26.3 Å². The summed E-state index contributed by atoms with van der Waals surface area (Å²) in [6.07, 6.45) is 4.06. The van der Waals surface area contributed by atoms with E-state index in [4.69, 9.17) is 17.4 Å². The van der Waals surface area contributed by atoms with Gasteiger partial charge in [0.25, 0.3) is 0 Å². The Balaban J connectivity index is 2.22. The van der Waals surface area contributed by atoms with Crippen molar-refractivity contribution in [2.45, 2.75) is 12.5 Å². The third-order valence-corrected chi connectivity index (χ3v) is 3.49. The Labute approximate surface area is 124 Å². The molecule has 0 spiro atoms. The molecule has 2 aromatic rings. The maximum absolute atomic E-state index is 13.5. The predicted molar refractivity (Wildman–Crippen MR) is 77.1 cm³/mol. The van der Waals surface area contributed by atoms with Gasteiger partial charge < -0.3 is 0 Å². The van der Waals surface area contributed by atoms with Crippen LogP contribution < -0.4 is 11.3 Å². The molecule has 0 aliphatic rings. The summed E-state index contributed by atoms with van der Waals surface area (Å²) in [4.78, 5) is 4.09. The lowest BCUT2D eigenvalue weighted by molar-refractivity contribution is 0.544. The number of nitrogens with zero attached hydrogens (tertiary/aromatic N) is 1. The van der Waals surface area contributed by atoms with E-state index < -0.39 is 5.82 Å². The number of halogens is 3.